The zero-order chi connectivity index (χ0) is 13.8. The number of benzene rings is 2. The number of hydrogen-bond acceptors (Lipinski definition) is 1. The number of halogens is 3. The number of aryl methyl sites for hydroxylation is 1. The molecule has 0 aliphatic carbocycles. The second kappa shape index (κ2) is 6.51. The van der Waals surface area contributed by atoms with Crippen LogP contribution in [0.15, 0.2) is 36.4 Å². The zero-order valence-electron chi connectivity index (χ0n) is 10.4. The molecule has 0 N–H and O–H groups in total. The standard InChI is InChI=1S/C15H13Cl3O/c1-10-5-6-14(12(7-10)8-16)19-9-11-3-2-4-13(17)15(11)18/h2-7H,8-9H2,1H3. The lowest BCUT2D eigenvalue weighted by Gasteiger charge is -2.12. The molecule has 1 nitrogen and oxygen atoms in total. The minimum absolute atomic E-state index is 0.367. The van der Waals surface area contributed by atoms with Gasteiger partial charge in [-0.25, -0.2) is 0 Å². The molecular formula is C15H13Cl3O. The van der Waals surface area contributed by atoms with Gasteiger partial charge in [0.25, 0.3) is 0 Å². The third-order valence-electron chi connectivity index (χ3n) is 2.77. The highest BCUT2D eigenvalue weighted by Crippen LogP contribution is 2.28. The lowest BCUT2D eigenvalue weighted by Crippen LogP contribution is -1.99. The fourth-order valence-corrected chi connectivity index (χ4v) is 2.35. The SMILES string of the molecule is Cc1ccc(OCc2cccc(Cl)c2Cl)c(CCl)c1. The van der Waals surface area contributed by atoms with Gasteiger partial charge in [-0.1, -0.05) is 53.0 Å². The van der Waals surface area contributed by atoms with Gasteiger partial charge in [0.15, 0.2) is 0 Å². The number of hydrogen-bond donors (Lipinski definition) is 0. The van der Waals surface area contributed by atoms with E-state index in [2.05, 4.69) is 0 Å². The van der Waals surface area contributed by atoms with Crippen LogP contribution in [0.25, 0.3) is 0 Å². The Morgan fingerprint density at radius 2 is 1.84 bits per heavy atom. The summed E-state index contributed by atoms with van der Waals surface area (Å²) in [5, 5.41) is 1.06. The molecule has 4 heteroatoms. The predicted molar refractivity (Wildman–Crippen MR) is 81.5 cm³/mol. The number of ether oxygens (including phenoxy) is 1. The maximum Gasteiger partial charge on any atom is 0.124 e. The molecule has 2 rings (SSSR count). The van der Waals surface area contributed by atoms with E-state index in [1.54, 1.807) is 6.07 Å². The lowest BCUT2D eigenvalue weighted by molar-refractivity contribution is 0.304. The Hall–Kier alpha value is -0.890. The first-order valence-electron chi connectivity index (χ1n) is 5.83. The third kappa shape index (κ3) is 3.56. The molecular weight excluding hydrogens is 303 g/mol. The van der Waals surface area contributed by atoms with Crippen LogP contribution in [0.5, 0.6) is 5.75 Å². The maximum atomic E-state index is 6.12. The smallest absolute Gasteiger partial charge is 0.124 e. The van der Waals surface area contributed by atoms with Crippen LogP contribution in [0.4, 0.5) is 0 Å². The van der Waals surface area contributed by atoms with E-state index in [1.807, 2.05) is 37.3 Å². The largest absolute Gasteiger partial charge is 0.489 e. The van der Waals surface area contributed by atoms with E-state index in [9.17, 15) is 0 Å². The summed E-state index contributed by atoms with van der Waals surface area (Å²) in [6.45, 7) is 2.39. The fourth-order valence-electron chi connectivity index (χ4n) is 1.77. The van der Waals surface area contributed by atoms with Crippen LogP contribution in [0.3, 0.4) is 0 Å². The van der Waals surface area contributed by atoms with Crippen molar-refractivity contribution in [2.75, 3.05) is 0 Å². The van der Waals surface area contributed by atoms with Crippen molar-refractivity contribution in [2.45, 2.75) is 19.4 Å². The van der Waals surface area contributed by atoms with Crippen molar-refractivity contribution in [3.05, 3.63) is 63.1 Å². The minimum atomic E-state index is 0.367. The van der Waals surface area contributed by atoms with E-state index in [-0.39, 0.29) is 0 Å². The Morgan fingerprint density at radius 3 is 2.58 bits per heavy atom. The Balaban J connectivity index is 2.17. The van der Waals surface area contributed by atoms with E-state index >= 15 is 0 Å². The van der Waals surface area contributed by atoms with Crippen molar-refractivity contribution in [3.8, 4) is 5.75 Å². The maximum absolute atomic E-state index is 6.12. The third-order valence-corrected chi connectivity index (χ3v) is 3.92. The average Bonchev–Trinajstić information content (AvgIpc) is 2.41. The molecule has 0 saturated carbocycles. The highest BCUT2D eigenvalue weighted by molar-refractivity contribution is 6.42. The van der Waals surface area contributed by atoms with Gasteiger partial charge < -0.3 is 4.74 Å². The quantitative estimate of drug-likeness (QED) is 0.665. The Labute approximate surface area is 128 Å². The number of alkyl halides is 1. The molecule has 0 amide bonds. The van der Waals surface area contributed by atoms with Gasteiger partial charge in [-0.3, -0.25) is 0 Å². The van der Waals surface area contributed by atoms with Gasteiger partial charge in [0.2, 0.25) is 0 Å². The van der Waals surface area contributed by atoms with Crippen LogP contribution < -0.4 is 4.74 Å². The van der Waals surface area contributed by atoms with Crippen LogP contribution in [-0.2, 0) is 12.5 Å². The normalized spacial score (nSPS) is 10.5. The van der Waals surface area contributed by atoms with Crippen molar-refractivity contribution in [1.82, 2.24) is 0 Å². The summed E-state index contributed by atoms with van der Waals surface area (Å²) in [5.41, 5.74) is 2.99. The molecule has 0 fully saturated rings. The summed E-state index contributed by atoms with van der Waals surface area (Å²) in [7, 11) is 0. The van der Waals surface area contributed by atoms with E-state index in [0.717, 1.165) is 22.4 Å². The Kier molecular flexibility index (Phi) is 4.98. The van der Waals surface area contributed by atoms with Crippen molar-refractivity contribution in [2.24, 2.45) is 0 Å². The molecule has 0 unspecified atom stereocenters. The average molecular weight is 316 g/mol. The highest BCUT2D eigenvalue weighted by atomic mass is 35.5. The zero-order valence-corrected chi connectivity index (χ0v) is 12.7. The molecule has 0 atom stereocenters. The summed E-state index contributed by atoms with van der Waals surface area (Å²) < 4.78 is 5.78. The van der Waals surface area contributed by atoms with Gasteiger partial charge in [0.05, 0.1) is 15.9 Å². The summed E-state index contributed by atoms with van der Waals surface area (Å²) in [5.74, 6) is 1.19. The molecule has 0 aromatic heterocycles. The van der Waals surface area contributed by atoms with Crippen molar-refractivity contribution in [3.63, 3.8) is 0 Å². The molecule has 100 valence electrons. The first-order valence-corrected chi connectivity index (χ1v) is 7.12. The molecule has 0 spiro atoms. The number of rotatable bonds is 4. The molecule has 0 radical (unpaired) electrons. The van der Waals surface area contributed by atoms with Crippen LogP contribution in [0, 0.1) is 6.92 Å². The predicted octanol–water partition coefficient (Wildman–Crippen LogP) is 5.62. The first-order chi connectivity index (χ1) is 9.11. The lowest BCUT2D eigenvalue weighted by atomic mass is 10.1. The summed E-state index contributed by atoms with van der Waals surface area (Å²) in [4.78, 5) is 0. The van der Waals surface area contributed by atoms with Crippen LogP contribution in [0.2, 0.25) is 10.0 Å². The van der Waals surface area contributed by atoms with Crippen molar-refractivity contribution >= 4 is 34.8 Å². The molecule has 2 aromatic rings. The van der Waals surface area contributed by atoms with Gasteiger partial charge in [0.1, 0.15) is 12.4 Å². The fraction of sp³-hybridized carbons (Fsp3) is 0.200. The van der Waals surface area contributed by atoms with Gasteiger partial charge in [0, 0.05) is 11.1 Å². The van der Waals surface area contributed by atoms with Gasteiger partial charge >= 0.3 is 0 Å². The van der Waals surface area contributed by atoms with Gasteiger partial charge in [-0.2, -0.15) is 0 Å². The Bertz CT molecular complexity index is 582. The van der Waals surface area contributed by atoms with E-state index in [0.29, 0.717) is 22.5 Å². The molecule has 19 heavy (non-hydrogen) atoms. The van der Waals surface area contributed by atoms with E-state index in [1.165, 1.54) is 0 Å². The molecule has 0 aliphatic heterocycles. The van der Waals surface area contributed by atoms with Crippen LogP contribution in [-0.4, -0.2) is 0 Å². The molecule has 0 aliphatic rings. The molecule has 0 heterocycles. The first kappa shape index (κ1) is 14.5. The van der Waals surface area contributed by atoms with Crippen molar-refractivity contribution < 1.29 is 4.74 Å². The van der Waals surface area contributed by atoms with Crippen LogP contribution >= 0.6 is 34.8 Å². The molecule has 0 saturated heterocycles. The molecule has 2 aromatic carbocycles. The van der Waals surface area contributed by atoms with Gasteiger partial charge in [-0.15, -0.1) is 11.6 Å². The minimum Gasteiger partial charge on any atom is -0.489 e. The summed E-state index contributed by atoms with van der Waals surface area (Å²) in [6.07, 6.45) is 0. The van der Waals surface area contributed by atoms with Gasteiger partial charge in [-0.05, 0) is 19.1 Å². The highest BCUT2D eigenvalue weighted by Gasteiger charge is 2.07. The van der Waals surface area contributed by atoms with E-state index < -0.39 is 0 Å². The topological polar surface area (TPSA) is 9.23 Å². The van der Waals surface area contributed by atoms with E-state index in [4.69, 9.17) is 39.5 Å². The monoisotopic (exact) mass is 314 g/mol. The Morgan fingerprint density at radius 1 is 1.05 bits per heavy atom. The van der Waals surface area contributed by atoms with Crippen LogP contribution in [0.1, 0.15) is 16.7 Å². The van der Waals surface area contributed by atoms with Crippen molar-refractivity contribution in [1.29, 1.82) is 0 Å². The summed E-state index contributed by atoms with van der Waals surface area (Å²) >= 11 is 18.0. The molecule has 0 bridgehead atoms. The summed E-state index contributed by atoms with van der Waals surface area (Å²) in [6, 6.07) is 11.4. The second-order valence-corrected chi connectivity index (χ2v) is 5.30. The second-order valence-electron chi connectivity index (χ2n) is 4.25.